The molecule has 0 aromatic heterocycles. The van der Waals surface area contributed by atoms with Gasteiger partial charge in [0.1, 0.15) is 6.61 Å². The number of esters is 1. The summed E-state index contributed by atoms with van der Waals surface area (Å²) in [6.07, 6.45) is 5.18. The number of ether oxygens (including phenoxy) is 2. The lowest BCUT2D eigenvalue weighted by Gasteiger charge is -2.24. The normalized spacial score (nSPS) is 20.7. The van der Waals surface area contributed by atoms with Gasteiger partial charge in [0.2, 0.25) is 11.8 Å². The van der Waals surface area contributed by atoms with Crippen LogP contribution in [0.2, 0.25) is 0 Å². The van der Waals surface area contributed by atoms with Crippen LogP contribution in [0.1, 0.15) is 36.4 Å². The third-order valence-electron chi connectivity index (χ3n) is 6.18. The third kappa shape index (κ3) is 9.82. The average Bonchev–Trinajstić information content (AvgIpc) is 2.92. The van der Waals surface area contributed by atoms with Crippen LogP contribution in [0.4, 0.5) is 0 Å². The van der Waals surface area contributed by atoms with Crippen molar-refractivity contribution in [1.29, 1.82) is 0 Å². The number of hydrogen-bond donors (Lipinski definition) is 3. The molecule has 1 heterocycles. The number of carbonyl (C=O) groups is 3. The van der Waals surface area contributed by atoms with Gasteiger partial charge in [0, 0.05) is 13.0 Å². The van der Waals surface area contributed by atoms with E-state index in [1.807, 2.05) is 72.8 Å². The van der Waals surface area contributed by atoms with E-state index in [0.717, 1.165) is 11.1 Å². The standard InChI is InChI=1S/C29H36N2O6/c32-16-18-36-17-15-30-27(33)20-24-13-7-8-14-25(19-22-9-3-1-4-10-22)29(35)37-21-26(31-28(24)34)23-11-5-2-6-12-23/h1-12,24-26,32H,13-21H2,(H,30,33)(H,31,34). The molecule has 3 atom stereocenters. The van der Waals surface area contributed by atoms with E-state index < -0.39 is 12.0 Å². The van der Waals surface area contributed by atoms with Crippen LogP contribution in [-0.2, 0) is 30.3 Å². The summed E-state index contributed by atoms with van der Waals surface area (Å²) >= 11 is 0. The van der Waals surface area contributed by atoms with Crippen molar-refractivity contribution >= 4 is 17.8 Å². The van der Waals surface area contributed by atoms with Crippen molar-refractivity contribution < 1.29 is 29.0 Å². The van der Waals surface area contributed by atoms with Crippen LogP contribution in [0.5, 0.6) is 0 Å². The maximum Gasteiger partial charge on any atom is 0.309 e. The second-order valence-electron chi connectivity index (χ2n) is 9.02. The Morgan fingerprint density at radius 1 is 0.973 bits per heavy atom. The summed E-state index contributed by atoms with van der Waals surface area (Å²) in [4.78, 5) is 38.8. The Labute approximate surface area is 218 Å². The van der Waals surface area contributed by atoms with Crippen LogP contribution in [-0.4, -0.2) is 55.9 Å². The van der Waals surface area contributed by atoms with Crippen LogP contribution >= 0.6 is 0 Å². The predicted octanol–water partition coefficient (Wildman–Crippen LogP) is 2.73. The first-order valence-corrected chi connectivity index (χ1v) is 12.7. The first kappa shape index (κ1) is 28.1. The Balaban J connectivity index is 1.73. The zero-order chi connectivity index (χ0) is 26.3. The quantitative estimate of drug-likeness (QED) is 0.258. The summed E-state index contributed by atoms with van der Waals surface area (Å²) < 4.78 is 10.9. The highest BCUT2D eigenvalue weighted by Crippen LogP contribution is 2.21. The highest BCUT2D eigenvalue weighted by Gasteiger charge is 2.27. The summed E-state index contributed by atoms with van der Waals surface area (Å²) in [6.45, 7) is 0.722. The molecule has 0 spiro atoms. The van der Waals surface area contributed by atoms with Gasteiger partial charge in [-0.25, -0.2) is 0 Å². The van der Waals surface area contributed by atoms with Gasteiger partial charge in [-0.15, -0.1) is 0 Å². The molecule has 3 unspecified atom stereocenters. The molecule has 0 fully saturated rings. The molecule has 198 valence electrons. The zero-order valence-corrected chi connectivity index (χ0v) is 21.0. The van der Waals surface area contributed by atoms with Gasteiger partial charge in [0.25, 0.3) is 0 Å². The molecule has 0 bridgehead atoms. The number of benzene rings is 2. The predicted molar refractivity (Wildman–Crippen MR) is 139 cm³/mol. The van der Waals surface area contributed by atoms with Crippen LogP contribution in [0.25, 0.3) is 0 Å². The van der Waals surface area contributed by atoms with Crippen molar-refractivity contribution in [3.05, 3.63) is 83.9 Å². The lowest BCUT2D eigenvalue weighted by atomic mass is 9.94. The van der Waals surface area contributed by atoms with Crippen molar-refractivity contribution in [3.8, 4) is 0 Å². The molecule has 2 amide bonds. The fourth-order valence-electron chi connectivity index (χ4n) is 4.17. The molecule has 3 rings (SSSR count). The molecule has 0 saturated carbocycles. The Morgan fingerprint density at radius 2 is 1.65 bits per heavy atom. The van der Waals surface area contributed by atoms with Crippen LogP contribution in [0, 0.1) is 11.8 Å². The molecule has 2 aromatic rings. The third-order valence-corrected chi connectivity index (χ3v) is 6.18. The molecule has 2 aromatic carbocycles. The minimum atomic E-state index is -0.580. The summed E-state index contributed by atoms with van der Waals surface area (Å²) in [5.41, 5.74) is 1.87. The van der Waals surface area contributed by atoms with Crippen molar-refractivity contribution in [2.24, 2.45) is 11.8 Å². The van der Waals surface area contributed by atoms with E-state index >= 15 is 0 Å². The maximum atomic E-state index is 13.2. The van der Waals surface area contributed by atoms with E-state index in [1.165, 1.54) is 0 Å². The Hall–Kier alpha value is -3.49. The van der Waals surface area contributed by atoms with Crippen LogP contribution in [0.3, 0.4) is 0 Å². The highest BCUT2D eigenvalue weighted by molar-refractivity contribution is 5.86. The van der Waals surface area contributed by atoms with Gasteiger partial charge in [-0.2, -0.15) is 0 Å². The lowest BCUT2D eigenvalue weighted by Crippen LogP contribution is -2.39. The Bertz CT molecular complexity index is 1010. The first-order chi connectivity index (χ1) is 18.1. The van der Waals surface area contributed by atoms with Gasteiger partial charge in [-0.3, -0.25) is 14.4 Å². The van der Waals surface area contributed by atoms with Gasteiger partial charge in [0.05, 0.1) is 37.7 Å². The molecular weight excluding hydrogens is 472 g/mol. The van der Waals surface area contributed by atoms with Crippen molar-refractivity contribution in [1.82, 2.24) is 10.6 Å². The summed E-state index contributed by atoms with van der Waals surface area (Å²) in [6, 6.07) is 18.6. The second kappa shape index (κ2) is 15.6. The summed E-state index contributed by atoms with van der Waals surface area (Å²) in [7, 11) is 0. The number of nitrogens with one attached hydrogen (secondary N) is 2. The van der Waals surface area contributed by atoms with Crippen molar-refractivity contribution in [3.63, 3.8) is 0 Å². The minimum Gasteiger partial charge on any atom is -0.463 e. The molecule has 8 heteroatoms. The van der Waals surface area contributed by atoms with Gasteiger partial charge >= 0.3 is 5.97 Å². The van der Waals surface area contributed by atoms with E-state index in [-0.39, 0.29) is 56.5 Å². The number of hydrogen-bond acceptors (Lipinski definition) is 6. The largest absolute Gasteiger partial charge is 0.463 e. The zero-order valence-electron chi connectivity index (χ0n) is 21.0. The second-order valence-corrected chi connectivity index (χ2v) is 9.02. The number of carbonyl (C=O) groups excluding carboxylic acids is 3. The number of rotatable bonds is 10. The van der Waals surface area contributed by atoms with Crippen LogP contribution in [0.15, 0.2) is 72.8 Å². The van der Waals surface area contributed by atoms with E-state index in [2.05, 4.69) is 10.6 Å². The Kier molecular flexibility index (Phi) is 11.8. The number of cyclic esters (lactones) is 1. The molecular formula is C29H36N2O6. The van der Waals surface area contributed by atoms with Gasteiger partial charge in [-0.05, 0) is 30.4 Å². The van der Waals surface area contributed by atoms with Gasteiger partial charge in [0.15, 0.2) is 0 Å². The van der Waals surface area contributed by atoms with E-state index in [1.54, 1.807) is 0 Å². The smallest absolute Gasteiger partial charge is 0.309 e. The molecule has 1 aliphatic rings. The molecule has 0 aliphatic carbocycles. The van der Waals surface area contributed by atoms with Gasteiger partial charge < -0.3 is 25.2 Å². The highest BCUT2D eigenvalue weighted by atomic mass is 16.5. The number of aliphatic hydroxyl groups is 1. The fourth-order valence-corrected chi connectivity index (χ4v) is 4.17. The van der Waals surface area contributed by atoms with Crippen LogP contribution < -0.4 is 10.6 Å². The molecule has 1 aliphatic heterocycles. The SMILES string of the molecule is O=C(CC1CC=CCC(Cc2ccccc2)C(=O)OCC(c2ccccc2)NC1=O)NCCOCCO. The van der Waals surface area contributed by atoms with E-state index in [0.29, 0.717) is 25.8 Å². The Morgan fingerprint density at radius 3 is 2.35 bits per heavy atom. The topological polar surface area (TPSA) is 114 Å². The monoisotopic (exact) mass is 508 g/mol. The molecule has 3 N–H and O–H groups in total. The summed E-state index contributed by atoms with van der Waals surface area (Å²) in [5, 5.41) is 14.5. The lowest BCUT2D eigenvalue weighted by molar-refractivity contribution is -0.150. The first-order valence-electron chi connectivity index (χ1n) is 12.7. The average molecular weight is 509 g/mol. The number of amides is 2. The maximum absolute atomic E-state index is 13.2. The molecule has 0 saturated heterocycles. The van der Waals surface area contributed by atoms with Crippen molar-refractivity contribution in [2.45, 2.75) is 31.7 Å². The number of aliphatic hydroxyl groups excluding tert-OH is 1. The molecule has 37 heavy (non-hydrogen) atoms. The minimum absolute atomic E-state index is 0.00467. The van der Waals surface area contributed by atoms with E-state index in [9.17, 15) is 14.4 Å². The van der Waals surface area contributed by atoms with Gasteiger partial charge in [-0.1, -0.05) is 72.8 Å². The molecule has 0 radical (unpaired) electrons. The van der Waals surface area contributed by atoms with Crippen molar-refractivity contribution in [2.75, 3.05) is 33.0 Å². The van der Waals surface area contributed by atoms with E-state index in [4.69, 9.17) is 14.6 Å². The molecule has 8 nitrogen and oxygen atoms in total. The number of allylic oxidation sites excluding steroid dienone is 2. The summed E-state index contributed by atoms with van der Waals surface area (Å²) in [5.74, 6) is -1.77. The fraction of sp³-hybridized carbons (Fsp3) is 0.414.